The molecule has 7 heteroatoms. The summed E-state index contributed by atoms with van der Waals surface area (Å²) in [5.74, 6) is -1.02. The third-order valence-electron chi connectivity index (χ3n) is 4.63. The van der Waals surface area contributed by atoms with Crippen LogP contribution in [0, 0.1) is 0 Å². The lowest BCUT2D eigenvalue weighted by Gasteiger charge is -2.25. The molecule has 0 aliphatic carbocycles. The molecule has 3 amide bonds. The minimum absolute atomic E-state index is 0. The fourth-order valence-corrected chi connectivity index (χ4v) is 3.28. The Bertz CT molecular complexity index is 1010. The van der Waals surface area contributed by atoms with Gasteiger partial charge in [0.25, 0.3) is 11.8 Å². The molecule has 146 valence electrons. The van der Waals surface area contributed by atoms with Crippen LogP contribution >= 0.6 is 12.4 Å². The lowest BCUT2D eigenvalue weighted by atomic mass is 10.0. The summed E-state index contributed by atoms with van der Waals surface area (Å²) in [5.41, 5.74) is 1.48. The van der Waals surface area contributed by atoms with Gasteiger partial charge in [-0.05, 0) is 29.8 Å². The molecule has 4 rings (SSSR count). The number of pyridine rings is 1. The molecule has 2 heterocycles. The van der Waals surface area contributed by atoms with E-state index in [0.717, 1.165) is 10.5 Å². The SMILES string of the molecule is Cl.O=C(Nc1ccccn1)C(Cc1ccccc1)N1C(=O)c2ccccc2C1=O. The summed E-state index contributed by atoms with van der Waals surface area (Å²) in [5, 5.41) is 2.71. The van der Waals surface area contributed by atoms with E-state index in [-0.39, 0.29) is 18.8 Å². The zero-order valence-electron chi connectivity index (χ0n) is 15.3. The lowest BCUT2D eigenvalue weighted by Crippen LogP contribution is -2.48. The molecule has 1 aliphatic rings. The van der Waals surface area contributed by atoms with Gasteiger partial charge in [0.15, 0.2) is 0 Å². The number of carbonyl (C=O) groups excluding carboxylic acids is 3. The van der Waals surface area contributed by atoms with Crippen molar-refractivity contribution >= 4 is 35.9 Å². The van der Waals surface area contributed by atoms with E-state index < -0.39 is 23.8 Å². The molecular formula is C22H18ClN3O3. The second-order valence-electron chi connectivity index (χ2n) is 6.44. The minimum atomic E-state index is -0.989. The molecule has 6 nitrogen and oxygen atoms in total. The van der Waals surface area contributed by atoms with Gasteiger partial charge >= 0.3 is 0 Å². The highest BCUT2D eigenvalue weighted by Gasteiger charge is 2.42. The van der Waals surface area contributed by atoms with Crippen molar-refractivity contribution in [3.63, 3.8) is 0 Å². The third kappa shape index (κ3) is 4.02. The maximum Gasteiger partial charge on any atom is 0.262 e. The van der Waals surface area contributed by atoms with Crippen LogP contribution in [-0.2, 0) is 11.2 Å². The second kappa shape index (κ2) is 8.67. The number of rotatable bonds is 5. The quantitative estimate of drug-likeness (QED) is 0.658. The summed E-state index contributed by atoms with van der Waals surface area (Å²) in [4.78, 5) is 44.0. The number of hydrogen-bond acceptors (Lipinski definition) is 4. The topological polar surface area (TPSA) is 79.4 Å². The van der Waals surface area contributed by atoms with Crippen LogP contribution in [0.1, 0.15) is 26.3 Å². The first kappa shape index (κ1) is 20.2. The van der Waals surface area contributed by atoms with Crippen LogP contribution in [0.5, 0.6) is 0 Å². The van der Waals surface area contributed by atoms with Gasteiger partial charge in [0.1, 0.15) is 11.9 Å². The fraction of sp³-hybridized carbons (Fsp3) is 0.0909. The highest BCUT2D eigenvalue weighted by atomic mass is 35.5. The number of hydrogen-bond donors (Lipinski definition) is 1. The van der Waals surface area contributed by atoms with Crippen molar-refractivity contribution < 1.29 is 14.4 Å². The molecule has 0 saturated carbocycles. The van der Waals surface area contributed by atoms with Crippen LogP contribution in [0.15, 0.2) is 79.0 Å². The predicted octanol–water partition coefficient (Wildman–Crippen LogP) is 3.35. The van der Waals surface area contributed by atoms with Gasteiger partial charge in [-0.1, -0.05) is 48.5 Å². The number of anilines is 1. The van der Waals surface area contributed by atoms with E-state index in [1.807, 2.05) is 30.3 Å². The Kier molecular flexibility index (Phi) is 6.04. The van der Waals surface area contributed by atoms with Crippen LogP contribution in [0.2, 0.25) is 0 Å². The zero-order chi connectivity index (χ0) is 19.5. The first-order valence-corrected chi connectivity index (χ1v) is 8.88. The molecule has 2 aromatic carbocycles. The van der Waals surface area contributed by atoms with Gasteiger partial charge in [-0.15, -0.1) is 12.4 Å². The van der Waals surface area contributed by atoms with Crippen molar-refractivity contribution in [2.24, 2.45) is 0 Å². The second-order valence-corrected chi connectivity index (χ2v) is 6.44. The molecule has 29 heavy (non-hydrogen) atoms. The Morgan fingerprint density at radius 3 is 2.03 bits per heavy atom. The van der Waals surface area contributed by atoms with Crippen LogP contribution in [-0.4, -0.2) is 33.6 Å². The monoisotopic (exact) mass is 407 g/mol. The number of nitrogens with zero attached hydrogens (tertiary/aromatic N) is 2. The van der Waals surface area contributed by atoms with Gasteiger partial charge in [-0.25, -0.2) is 4.98 Å². The maximum atomic E-state index is 13.0. The van der Waals surface area contributed by atoms with Crippen molar-refractivity contribution in [1.82, 2.24) is 9.88 Å². The summed E-state index contributed by atoms with van der Waals surface area (Å²) in [6.07, 6.45) is 1.77. The van der Waals surface area contributed by atoms with Crippen molar-refractivity contribution in [3.05, 3.63) is 95.7 Å². The summed E-state index contributed by atoms with van der Waals surface area (Å²) in [6, 6.07) is 20.1. The summed E-state index contributed by atoms with van der Waals surface area (Å²) >= 11 is 0. The molecule has 0 fully saturated rings. The Labute approximate surface area is 174 Å². The standard InChI is InChI=1S/C22H17N3O3.ClH/c26-20(24-19-12-6-7-13-23-19)18(14-15-8-2-1-3-9-15)25-21(27)16-10-4-5-11-17(16)22(25)28;/h1-13,18H,14H2,(H,23,24,26);1H. The molecule has 1 aromatic heterocycles. The van der Waals surface area contributed by atoms with Gasteiger partial charge in [-0.2, -0.15) is 0 Å². The van der Waals surface area contributed by atoms with E-state index in [1.165, 1.54) is 0 Å². The molecule has 1 atom stereocenters. The van der Waals surface area contributed by atoms with Crippen LogP contribution in [0.25, 0.3) is 0 Å². The molecular weight excluding hydrogens is 390 g/mol. The van der Waals surface area contributed by atoms with Crippen LogP contribution in [0.4, 0.5) is 5.82 Å². The summed E-state index contributed by atoms with van der Waals surface area (Å²) in [6.45, 7) is 0. The van der Waals surface area contributed by atoms with E-state index in [2.05, 4.69) is 10.3 Å². The van der Waals surface area contributed by atoms with E-state index in [4.69, 9.17) is 0 Å². The number of nitrogens with one attached hydrogen (secondary N) is 1. The maximum absolute atomic E-state index is 13.0. The molecule has 1 aliphatic heterocycles. The van der Waals surface area contributed by atoms with Gasteiger partial charge in [0, 0.05) is 12.6 Å². The van der Waals surface area contributed by atoms with Crippen LogP contribution < -0.4 is 5.32 Å². The minimum Gasteiger partial charge on any atom is -0.309 e. The average Bonchev–Trinajstić information content (AvgIpc) is 2.98. The highest BCUT2D eigenvalue weighted by Crippen LogP contribution is 2.26. The number of fused-ring (bicyclic) bond motifs is 1. The van der Waals surface area contributed by atoms with Gasteiger partial charge < -0.3 is 5.32 Å². The van der Waals surface area contributed by atoms with Gasteiger partial charge in [0.05, 0.1) is 11.1 Å². The first-order chi connectivity index (χ1) is 13.6. The van der Waals surface area contributed by atoms with Crippen LogP contribution in [0.3, 0.4) is 0 Å². The average molecular weight is 408 g/mol. The molecule has 1 unspecified atom stereocenters. The first-order valence-electron chi connectivity index (χ1n) is 8.88. The summed E-state index contributed by atoms with van der Waals surface area (Å²) < 4.78 is 0. The van der Waals surface area contributed by atoms with Gasteiger partial charge in [-0.3, -0.25) is 19.3 Å². The molecule has 3 aromatic rings. The number of aromatic nitrogens is 1. The van der Waals surface area contributed by atoms with E-state index in [0.29, 0.717) is 16.9 Å². The molecule has 0 radical (unpaired) electrons. The molecule has 0 saturated heterocycles. The highest BCUT2D eigenvalue weighted by molar-refractivity contribution is 6.23. The Hall–Kier alpha value is -3.51. The summed E-state index contributed by atoms with van der Waals surface area (Å²) in [7, 11) is 0. The zero-order valence-corrected chi connectivity index (χ0v) is 16.1. The van der Waals surface area contributed by atoms with E-state index in [1.54, 1.807) is 48.7 Å². The molecule has 0 spiro atoms. The Morgan fingerprint density at radius 1 is 0.862 bits per heavy atom. The van der Waals surface area contributed by atoms with Crippen molar-refractivity contribution in [1.29, 1.82) is 0 Å². The fourth-order valence-electron chi connectivity index (χ4n) is 3.28. The van der Waals surface area contributed by atoms with E-state index >= 15 is 0 Å². The number of imide groups is 1. The Morgan fingerprint density at radius 2 is 1.45 bits per heavy atom. The van der Waals surface area contributed by atoms with Crippen molar-refractivity contribution in [2.75, 3.05) is 5.32 Å². The lowest BCUT2D eigenvalue weighted by molar-refractivity contribution is -0.120. The number of carbonyl (C=O) groups is 3. The van der Waals surface area contributed by atoms with E-state index in [9.17, 15) is 14.4 Å². The smallest absolute Gasteiger partial charge is 0.262 e. The number of amides is 3. The number of benzene rings is 2. The largest absolute Gasteiger partial charge is 0.309 e. The van der Waals surface area contributed by atoms with Crippen molar-refractivity contribution in [2.45, 2.75) is 12.5 Å². The number of halogens is 1. The Balaban J connectivity index is 0.00000240. The van der Waals surface area contributed by atoms with Gasteiger partial charge in [0.2, 0.25) is 5.91 Å². The molecule has 1 N–H and O–H groups in total. The van der Waals surface area contributed by atoms with Crippen molar-refractivity contribution in [3.8, 4) is 0 Å². The third-order valence-corrected chi connectivity index (χ3v) is 4.63. The predicted molar refractivity (Wildman–Crippen MR) is 111 cm³/mol. The normalized spacial score (nSPS) is 13.4. The molecule has 0 bridgehead atoms.